The van der Waals surface area contributed by atoms with Crippen LogP contribution in [-0.4, -0.2) is 50.6 Å². The maximum absolute atomic E-state index is 10.3. The van der Waals surface area contributed by atoms with Gasteiger partial charge in [0.05, 0.1) is 11.2 Å². The fraction of sp³-hybridized carbons (Fsp3) is 0.400. The van der Waals surface area contributed by atoms with Crippen LogP contribution in [0.1, 0.15) is 25.3 Å². The monoisotopic (exact) mass is 385 g/mol. The van der Waals surface area contributed by atoms with E-state index in [1.165, 1.54) is 19.0 Å². The molecule has 142 valence electrons. The van der Waals surface area contributed by atoms with E-state index >= 15 is 0 Å². The fourth-order valence-corrected chi connectivity index (χ4v) is 4.08. The Labute approximate surface area is 163 Å². The summed E-state index contributed by atoms with van der Waals surface area (Å²) in [5, 5.41) is 14.3. The van der Waals surface area contributed by atoms with Crippen LogP contribution in [0.25, 0.3) is 22.4 Å². The minimum atomic E-state index is 0.127. The van der Waals surface area contributed by atoms with Crippen molar-refractivity contribution in [3.05, 3.63) is 34.9 Å². The maximum Gasteiger partial charge on any atom is 0.202 e. The van der Waals surface area contributed by atoms with Crippen molar-refractivity contribution in [1.29, 1.82) is 0 Å². The molecule has 0 amide bonds. The Morgan fingerprint density at radius 3 is 2.96 bits per heavy atom. The van der Waals surface area contributed by atoms with Crippen LogP contribution in [-0.2, 0) is 0 Å². The number of anilines is 1. The predicted molar refractivity (Wildman–Crippen MR) is 109 cm³/mol. The molecular formula is C20H24ClN5O. The largest absolute Gasteiger partial charge is 0.507 e. The van der Waals surface area contributed by atoms with Gasteiger partial charge in [0, 0.05) is 23.2 Å². The number of aromatic hydroxyl groups is 1. The standard InChI is InChI=1S/C20H24ClN5O/c1-3-26-8-4-5-14(11-26)22-20-24-16-7-6-15(23-19(16)25-20)18-12(2)9-13(21)10-17(18)27/h6-7,9-10,14,27H,3-5,8,11H2,1-2H3,(H2,22,23,24,25)/t14-/m1/s1. The summed E-state index contributed by atoms with van der Waals surface area (Å²) in [7, 11) is 0. The second-order valence-corrected chi connectivity index (χ2v) is 7.58. The number of phenolic OH excluding ortho intramolecular Hbond substituents is 1. The van der Waals surface area contributed by atoms with Crippen molar-refractivity contribution in [2.75, 3.05) is 25.0 Å². The Balaban J connectivity index is 1.61. The molecule has 3 aromatic rings. The molecule has 1 aliphatic rings. The highest BCUT2D eigenvalue weighted by atomic mass is 35.5. The van der Waals surface area contributed by atoms with Gasteiger partial charge in [-0.3, -0.25) is 0 Å². The van der Waals surface area contributed by atoms with E-state index < -0.39 is 0 Å². The average molecular weight is 386 g/mol. The van der Waals surface area contributed by atoms with Crippen LogP contribution < -0.4 is 5.32 Å². The number of nitrogens with one attached hydrogen (secondary N) is 2. The number of rotatable bonds is 4. The Kier molecular flexibility index (Phi) is 4.93. The van der Waals surface area contributed by atoms with E-state index in [2.05, 4.69) is 32.1 Å². The summed E-state index contributed by atoms with van der Waals surface area (Å²) in [6.45, 7) is 7.39. The lowest BCUT2D eigenvalue weighted by atomic mass is 10.0. The number of likely N-dealkylation sites (N-methyl/N-ethyl adjacent to an activating group) is 1. The molecule has 1 fully saturated rings. The first-order valence-corrected chi connectivity index (χ1v) is 9.76. The topological polar surface area (TPSA) is 77.1 Å². The number of aromatic nitrogens is 3. The Morgan fingerprint density at radius 2 is 2.19 bits per heavy atom. The highest BCUT2D eigenvalue weighted by molar-refractivity contribution is 6.31. The summed E-state index contributed by atoms with van der Waals surface area (Å²) < 4.78 is 0. The van der Waals surface area contributed by atoms with E-state index in [1.54, 1.807) is 0 Å². The SMILES string of the molecule is CCN1CCC[C@@H](Nc2nc3nc(-c4c(C)cc(Cl)cc4O)ccc3[nH]2)C1. The lowest BCUT2D eigenvalue weighted by Gasteiger charge is -2.32. The smallest absolute Gasteiger partial charge is 0.202 e. The van der Waals surface area contributed by atoms with Crippen molar-refractivity contribution in [1.82, 2.24) is 19.9 Å². The molecule has 3 heterocycles. The number of piperidine rings is 1. The molecule has 0 spiro atoms. The number of phenols is 1. The average Bonchev–Trinajstić information content (AvgIpc) is 3.02. The first-order chi connectivity index (χ1) is 13.0. The number of nitrogens with zero attached hydrogens (tertiary/aromatic N) is 3. The quantitative estimate of drug-likeness (QED) is 0.627. The molecule has 2 aromatic heterocycles. The van der Waals surface area contributed by atoms with Gasteiger partial charge in [-0.1, -0.05) is 18.5 Å². The van der Waals surface area contributed by atoms with Gasteiger partial charge in [-0.05, 0) is 62.7 Å². The number of imidazole rings is 1. The molecule has 27 heavy (non-hydrogen) atoms. The lowest BCUT2D eigenvalue weighted by Crippen LogP contribution is -2.42. The highest BCUT2D eigenvalue weighted by Gasteiger charge is 2.20. The van der Waals surface area contributed by atoms with Crippen LogP contribution in [0.3, 0.4) is 0 Å². The van der Waals surface area contributed by atoms with Gasteiger partial charge < -0.3 is 20.3 Å². The van der Waals surface area contributed by atoms with Crippen molar-refractivity contribution in [2.24, 2.45) is 0 Å². The Bertz CT molecular complexity index is 947. The van der Waals surface area contributed by atoms with Crippen molar-refractivity contribution < 1.29 is 5.11 Å². The molecule has 7 heteroatoms. The van der Waals surface area contributed by atoms with Crippen LogP contribution in [0.4, 0.5) is 5.95 Å². The Morgan fingerprint density at radius 1 is 1.33 bits per heavy atom. The van der Waals surface area contributed by atoms with Gasteiger partial charge in [-0.25, -0.2) is 4.98 Å². The first-order valence-electron chi connectivity index (χ1n) is 9.38. The maximum atomic E-state index is 10.3. The zero-order valence-corrected chi connectivity index (χ0v) is 16.3. The first kappa shape index (κ1) is 18.1. The number of aryl methyl sites for hydroxylation is 1. The minimum Gasteiger partial charge on any atom is -0.507 e. The zero-order valence-electron chi connectivity index (χ0n) is 15.6. The lowest BCUT2D eigenvalue weighted by molar-refractivity contribution is 0.226. The number of halogens is 1. The van der Waals surface area contributed by atoms with Gasteiger partial charge in [0.15, 0.2) is 5.65 Å². The highest BCUT2D eigenvalue weighted by Crippen LogP contribution is 2.34. The number of likely N-dealkylation sites (tertiary alicyclic amines) is 1. The van der Waals surface area contributed by atoms with Crippen LogP contribution in [0.15, 0.2) is 24.3 Å². The van der Waals surface area contributed by atoms with Gasteiger partial charge in [0.2, 0.25) is 5.95 Å². The molecule has 0 aliphatic carbocycles. The molecule has 1 aromatic carbocycles. The second kappa shape index (κ2) is 7.37. The van der Waals surface area contributed by atoms with E-state index in [-0.39, 0.29) is 5.75 Å². The van der Waals surface area contributed by atoms with Crippen LogP contribution in [0, 0.1) is 6.92 Å². The van der Waals surface area contributed by atoms with Crippen LogP contribution >= 0.6 is 11.6 Å². The summed E-state index contributed by atoms with van der Waals surface area (Å²) in [6, 6.07) is 7.59. The number of aromatic amines is 1. The molecule has 1 atom stereocenters. The molecule has 4 rings (SSSR count). The van der Waals surface area contributed by atoms with E-state index in [0.717, 1.165) is 36.5 Å². The second-order valence-electron chi connectivity index (χ2n) is 7.15. The molecule has 3 N–H and O–H groups in total. The molecule has 0 bridgehead atoms. The van der Waals surface area contributed by atoms with Crippen molar-refractivity contribution >= 4 is 28.7 Å². The predicted octanol–water partition coefficient (Wildman–Crippen LogP) is 4.19. The molecule has 0 saturated carbocycles. The summed E-state index contributed by atoms with van der Waals surface area (Å²) >= 11 is 6.01. The molecule has 0 unspecified atom stereocenters. The number of H-pyrrole nitrogens is 1. The summed E-state index contributed by atoms with van der Waals surface area (Å²) in [4.78, 5) is 15.0. The third-order valence-corrected chi connectivity index (χ3v) is 5.39. The summed E-state index contributed by atoms with van der Waals surface area (Å²) in [5.41, 5.74) is 3.75. The van der Waals surface area contributed by atoms with Gasteiger partial charge in [0.1, 0.15) is 5.75 Å². The summed E-state index contributed by atoms with van der Waals surface area (Å²) in [6.07, 6.45) is 2.34. The van der Waals surface area contributed by atoms with Crippen molar-refractivity contribution in [2.45, 2.75) is 32.7 Å². The van der Waals surface area contributed by atoms with Crippen LogP contribution in [0.5, 0.6) is 5.75 Å². The number of hydrogen-bond acceptors (Lipinski definition) is 5. The van der Waals surface area contributed by atoms with Gasteiger partial charge in [-0.15, -0.1) is 0 Å². The number of pyridine rings is 1. The van der Waals surface area contributed by atoms with E-state index in [0.29, 0.717) is 28.0 Å². The molecule has 1 aliphatic heterocycles. The number of benzene rings is 1. The molecule has 1 saturated heterocycles. The fourth-order valence-electron chi connectivity index (χ4n) is 3.81. The molecular weight excluding hydrogens is 362 g/mol. The molecule has 0 radical (unpaired) electrons. The zero-order chi connectivity index (χ0) is 19.0. The van der Waals surface area contributed by atoms with Crippen molar-refractivity contribution in [3.8, 4) is 17.0 Å². The van der Waals surface area contributed by atoms with Gasteiger partial charge in [-0.2, -0.15) is 4.98 Å². The molecule has 6 nitrogen and oxygen atoms in total. The van der Waals surface area contributed by atoms with E-state index in [9.17, 15) is 5.11 Å². The minimum absolute atomic E-state index is 0.127. The number of fused-ring (bicyclic) bond motifs is 1. The third-order valence-electron chi connectivity index (χ3n) is 5.18. The normalized spacial score (nSPS) is 18.1. The van der Waals surface area contributed by atoms with Gasteiger partial charge in [0.25, 0.3) is 0 Å². The van der Waals surface area contributed by atoms with Crippen molar-refractivity contribution in [3.63, 3.8) is 0 Å². The Hall–Kier alpha value is -2.31. The van der Waals surface area contributed by atoms with E-state index in [1.807, 2.05) is 25.1 Å². The third kappa shape index (κ3) is 3.73. The van der Waals surface area contributed by atoms with Crippen LogP contribution in [0.2, 0.25) is 5.02 Å². The number of hydrogen-bond donors (Lipinski definition) is 3. The summed E-state index contributed by atoms with van der Waals surface area (Å²) in [5.74, 6) is 0.872. The van der Waals surface area contributed by atoms with Gasteiger partial charge >= 0.3 is 0 Å². The van der Waals surface area contributed by atoms with E-state index in [4.69, 9.17) is 11.6 Å².